The third kappa shape index (κ3) is 3.17. The summed E-state index contributed by atoms with van der Waals surface area (Å²) in [7, 11) is 0. The van der Waals surface area contributed by atoms with Gasteiger partial charge in [0, 0.05) is 0 Å². The largest absolute Gasteiger partial charge is 0.481 e. The lowest BCUT2D eigenvalue weighted by atomic mass is 10.1. The first-order chi connectivity index (χ1) is 10.6. The van der Waals surface area contributed by atoms with Crippen LogP contribution < -0.4 is 5.32 Å². The molecule has 110 valence electrons. The molecule has 0 fully saturated rings. The van der Waals surface area contributed by atoms with Crippen LogP contribution in [0.5, 0.6) is 0 Å². The Labute approximate surface area is 130 Å². The summed E-state index contributed by atoms with van der Waals surface area (Å²) in [5.74, 6) is -1.41. The van der Waals surface area contributed by atoms with E-state index in [1.165, 1.54) is 0 Å². The molecule has 0 unspecified atom stereocenters. The maximum Gasteiger partial charge on any atom is 0.313 e. The maximum absolute atomic E-state index is 11.8. The van der Waals surface area contributed by atoms with Crippen LogP contribution in [0.25, 0.3) is 16.8 Å². The first kappa shape index (κ1) is 14.3. The second-order valence-electron chi connectivity index (χ2n) is 4.69. The number of fused-ring (bicyclic) bond motifs is 1. The van der Waals surface area contributed by atoms with Crippen molar-refractivity contribution in [1.29, 1.82) is 0 Å². The van der Waals surface area contributed by atoms with Gasteiger partial charge < -0.3 is 5.11 Å². The topological polar surface area (TPSA) is 78.8 Å². The number of nitrogens with zero attached hydrogens (tertiary/aromatic N) is 1. The molecule has 2 N–H and O–H groups in total. The number of hydrogen-bond acceptors (Lipinski definition) is 4. The number of amides is 1. The van der Waals surface area contributed by atoms with Gasteiger partial charge in [0.2, 0.25) is 0 Å². The van der Waals surface area contributed by atoms with E-state index in [0.717, 1.165) is 28.1 Å². The molecule has 0 atom stereocenters. The predicted molar refractivity (Wildman–Crippen MR) is 87.6 cm³/mol. The summed E-state index contributed by atoms with van der Waals surface area (Å²) in [6.45, 7) is 0. The van der Waals surface area contributed by atoms with Crippen LogP contribution in [0.4, 0.5) is 0 Å². The monoisotopic (exact) mass is 312 g/mol. The Balaban J connectivity index is 1.86. The van der Waals surface area contributed by atoms with Crippen LogP contribution in [0.2, 0.25) is 0 Å². The molecule has 1 aliphatic heterocycles. The predicted octanol–water partition coefficient (Wildman–Crippen LogP) is 2.48. The third-order valence-electron chi connectivity index (χ3n) is 3.08. The van der Waals surface area contributed by atoms with Crippen LogP contribution in [0, 0.1) is 0 Å². The lowest BCUT2D eigenvalue weighted by Crippen LogP contribution is -2.22. The van der Waals surface area contributed by atoms with E-state index >= 15 is 0 Å². The van der Waals surface area contributed by atoms with Gasteiger partial charge in [-0.2, -0.15) is 0 Å². The lowest BCUT2D eigenvalue weighted by molar-refractivity contribution is -0.133. The molecule has 2 aromatic carbocycles. The maximum atomic E-state index is 11.8. The Morgan fingerprint density at radius 3 is 2.77 bits per heavy atom. The average molecular weight is 312 g/mol. The third-order valence-corrected chi connectivity index (χ3v) is 3.94. The Hall–Kier alpha value is -2.60. The van der Waals surface area contributed by atoms with Crippen molar-refractivity contribution >= 4 is 45.7 Å². The van der Waals surface area contributed by atoms with Crippen LogP contribution in [-0.4, -0.2) is 27.9 Å². The highest BCUT2D eigenvalue weighted by molar-refractivity contribution is 8.14. The van der Waals surface area contributed by atoms with Gasteiger partial charge in [-0.3, -0.25) is 14.9 Å². The fourth-order valence-corrected chi connectivity index (χ4v) is 2.69. The molecule has 1 amide bonds. The van der Waals surface area contributed by atoms with Gasteiger partial charge in [-0.15, -0.1) is 0 Å². The summed E-state index contributed by atoms with van der Waals surface area (Å²) in [6.07, 6.45) is 1.69. The molecule has 5 nitrogen and oxygen atoms in total. The standard InChI is InChI=1S/C16H12N2O3S/c19-14(20)9-22-16-17-13(15(21)18-16)8-10-5-6-11-3-1-2-4-12(11)7-10/h1-8H,9H2,(H,19,20)(H,17,18,21)/b13-8-. The van der Waals surface area contributed by atoms with E-state index in [1.54, 1.807) is 6.08 Å². The van der Waals surface area contributed by atoms with Crippen molar-refractivity contribution in [3.8, 4) is 0 Å². The molecule has 0 saturated carbocycles. The first-order valence-corrected chi connectivity index (χ1v) is 7.55. The van der Waals surface area contributed by atoms with Gasteiger partial charge in [0.15, 0.2) is 5.17 Å². The molecule has 22 heavy (non-hydrogen) atoms. The van der Waals surface area contributed by atoms with Gasteiger partial charge in [-0.05, 0) is 28.5 Å². The number of nitrogens with one attached hydrogen (secondary N) is 1. The van der Waals surface area contributed by atoms with Gasteiger partial charge in [-0.25, -0.2) is 4.99 Å². The van der Waals surface area contributed by atoms with Gasteiger partial charge in [0.1, 0.15) is 5.70 Å². The summed E-state index contributed by atoms with van der Waals surface area (Å²) in [4.78, 5) is 26.5. The fraction of sp³-hybridized carbons (Fsp3) is 0.0625. The number of rotatable bonds is 3. The molecule has 3 rings (SSSR count). The van der Waals surface area contributed by atoms with Crippen molar-refractivity contribution < 1.29 is 14.7 Å². The Morgan fingerprint density at radius 1 is 1.23 bits per heavy atom. The number of hydrogen-bond donors (Lipinski definition) is 2. The van der Waals surface area contributed by atoms with Crippen molar-refractivity contribution in [3.63, 3.8) is 0 Å². The fourth-order valence-electron chi connectivity index (χ4n) is 2.10. The van der Waals surface area contributed by atoms with E-state index < -0.39 is 5.97 Å². The zero-order valence-corrected chi connectivity index (χ0v) is 12.3. The Morgan fingerprint density at radius 2 is 2.00 bits per heavy atom. The van der Waals surface area contributed by atoms with Gasteiger partial charge in [0.25, 0.3) is 5.91 Å². The van der Waals surface area contributed by atoms with Crippen LogP contribution in [0.1, 0.15) is 5.56 Å². The van der Waals surface area contributed by atoms with Crippen LogP contribution in [0.15, 0.2) is 53.2 Å². The van der Waals surface area contributed by atoms with Crippen molar-refractivity contribution in [2.45, 2.75) is 0 Å². The normalized spacial score (nSPS) is 15.9. The van der Waals surface area contributed by atoms with Gasteiger partial charge in [-0.1, -0.05) is 48.2 Å². The van der Waals surface area contributed by atoms with E-state index in [2.05, 4.69) is 10.3 Å². The SMILES string of the molecule is O=C(O)CSC1=N/C(=C\c2ccc3ccccc3c2)C(=O)N1. The van der Waals surface area contributed by atoms with Crippen LogP contribution >= 0.6 is 11.8 Å². The summed E-state index contributed by atoms with van der Waals surface area (Å²) < 4.78 is 0. The van der Waals surface area contributed by atoms with Crippen LogP contribution in [-0.2, 0) is 9.59 Å². The number of carbonyl (C=O) groups excluding carboxylic acids is 1. The second-order valence-corrected chi connectivity index (χ2v) is 5.65. The zero-order chi connectivity index (χ0) is 15.5. The summed E-state index contributed by atoms with van der Waals surface area (Å²) >= 11 is 0.990. The summed E-state index contributed by atoms with van der Waals surface area (Å²) in [5, 5.41) is 13.7. The van der Waals surface area contributed by atoms with Crippen molar-refractivity contribution in [2.75, 3.05) is 5.75 Å². The summed E-state index contributed by atoms with van der Waals surface area (Å²) in [6, 6.07) is 13.8. The number of amidine groups is 1. The molecule has 0 bridgehead atoms. The minimum atomic E-state index is -0.950. The van der Waals surface area contributed by atoms with E-state index in [9.17, 15) is 9.59 Å². The number of aliphatic imine (C=N–C) groups is 1. The molecule has 0 aliphatic carbocycles. The highest BCUT2D eigenvalue weighted by Gasteiger charge is 2.20. The number of carboxylic acid groups (broad SMARTS) is 1. The molecular weight excluding hydrogens is 300 g/mol. The molecule has 0 spiro atoms. The zero-order valence-electron chi connectivity index (χ0n) is 11.4. The average Bonchev–Trinajstić information content (AvgIpc) is 2.85. The number of aliphatic carboxylic acids is 1. The molecule has 0 radical (unpaired) electrons. The first-order valence-electron chi connectivity index (χ1n) is 6.57. The molecule has 2 aromatic rings. The molecular formula is C16H12N2O3S. The van der Waals surface area contributed by atoms with Gasteiger partial charge >= 0.3 is 5.97 Å². The molecule has 1 heterocycles. The highest BCUT2D eigenvalue weighted by atomic mass is 32.2. The number of benzene rings is 2. The molecule has 0 saturated heterocycles. The lowest BCUT2D eigenvalue weighted by Gasteiger charge is -1.99. The van der Waals surface area contributed by atoms with E-state index in [-0.39, 0.29) is 17.4 Å². The van der Waals surface area contributed by atoms with E-state index in [4.69, 9.17) is 5.11 Å². The Kier molecular flexibility index (Phi) is 3.93. The quantitative estimate of drug-likeness (QED) is 0.854. The minimum absolute atomic E-state index is 0.137. The minimum Gasteiger partial charge on any atom is -0.481 e. The highest BCUT2D eigenvalue weighted by Crippen LogP contribution is 2.20. The van der Waals surface area contributed by atoms with Gasteiger partial charge in [0.05, 0.1) is 5.75 Å². The van der Waals surface area contributed by atoms with Crippen molar-refractivity contribution in [3.05, 3.63) is 53.7 Å². The van der Waals surface area contributed by atoms with Crippen LogP contribution in [0.3, 0.4) is 0 Å². The smallest absolute Gasteiger partial charge is 0.313 e. The molecule has 0 aromatic heterocycles. The molecule has 6 heteroatoms. The van der Waals surface area contributed by atoms with E-state index in [1.807, 2.05) is 42.5 Å². The molecule has 1 aliphatic rings. The van der Waals surface area contributed by atoms with Crippen molar-refractivity contribution in [2.24, 2.45) is 4.99 Å². The summed E-state index contributed by atoms with van der Waals surface area (Å²) in [5.41, 5.74) is 1.15. The number of thioether (sulfide) groups is 1. The van der Waals surface area contributed by atoms with E-state index in [0.29, 0.717) is 5.17 Å². The number of carbonyl (C=O) groups is 2. The Bertz CT molecular complexity index is 827. The number of carboxylic acids is 1. The van der Waals surface area contributed by atoms with Crippen molar-refractivity contribution in [1.82, 2.24) is 5.32 Å². The second kappa shape index (κ2) is 6.03.